The molecule has 3 aliphatic rings. The number of likely N-dealkylation sites (tertiary alicyclic amines) is 1. The van der Waals surface area contributed by atoms with E-state index in [9.17, 15) is 14.7 Å². The number of carbonyl (C=O) groups is 2. The van der Waals surface area contributed by atoms with Crippen molar-refractivity contribution in [1.29, 1.82) is 0 Å². The second-order valence-electron chi connectivity index (χ2n) is 12.9. The molecule has 3 aliphatic heterocycles. The third-order valence-corrected chi connectivity index (χ3v) is 9.91. The number of halogens is 1. The van der Waals surface area contributed by atoms with Crippen LogP contribution in [0.3, 0.4) is 0 Å². The van der Waals surface area contributed by atoms with E-state index in [4.69, 9.17) is 22.1 Å². The van der Waals surface area contributed by atoms with Gasteiger partial charge >= 0.3 is 0 Å². The lowest BCUT2D eigenvalue weighted by Gasteiger charge is -2.35. The Morgan fingerprint density at radius 2 is 2.00 bits per heavy atom. The number of nitrogens with one attached hydrogen (secondary N) is 1. The maximum Gasteiger partial charge on any atom is 0.265 e. The number of thiophene rings is 1. The number of hydrogen-bond acceptors (Lipinski definition) is 10. The predicted octanol–water partition coefficient (Wildman–Crippen LogP) is 3.28. The maximum atomic E-state index is 13.6. The number of aliphatic hydroxyl groups is 1. The molecule has 0 spiro atoms. The highest BCUT2D eigenvalue weighted by Crippen LogP contribution is 2.37. The summed E-state index contributed by atoms with van der Waals surface area (Å²) in [7, 11) is 0. The lowest BCUT2D eigenvalue weighted by atomic mass is 10.0. The summed E-state index contributed by atoms with van der Waals surface area (Å²) in [6.45, 7) is 9.93. The van der Waals surface area contributed by atoms with Gasteiger partial charge in [-0.25, -0.2) is 9.50 Å². The van der Waals surface area contributed by atoms with E-state index in [2.05, 4.69) is 37.3 Å². The Balaban J connectivity index is 1.14. The molecule has 45 heavy (non-hydrogen) atoms. The second kappa shape index (κ2) is 12.8. The second-order valence-corrected chi connectivity index (χ2v) is 14.5. The SMILES string of the molecule is CC(=O)N1CC=C(c2cc(N3CCC[C@@H](NC(=O)c4sc(Cl)cc4OC4CCN(CC(C)(C)O)CC4)C3)c3c(N)ncnn23)C1. The Bertz CT molecular complexity index is 1610. The van der Waals surface area contributed by atoms with Crippen molar-refractivity contribution in [3.05, 3.63) is 39.4 Å². The summed E-state index contributed by atoms with van der Waals surface area (Å²) in [6, 6.07) is 3.70. The van der Waals surface area contributed by atoms with Crippen LogP contribution in [-0.4, -0.2) is 105 Å². The van der Waals surface area contributed by atoms with E-state index < -0.39 is 5.60 Å². The number of nitrogens with two attached hydrogens (primary N) is 1. The number of aromatic nitrogens is 3. The van der Waals surface area contributed by atoms with Gasteiger partial charge in [-0.05, 0) is 51.2 Å². The summed E-state index contributed by atoms with van der Waals surface area (Å²) in [5.41, 5.74) is 9.16. The van der Waals surface area contributed by atoms with Crippen molar-refractivity contribution in [2.24, 2.45) is 0 Å². The van der Waals surface area contributed by atoms with Crippen molar-refractivity contribution >= 4 is 57.3 Å². The Kier molecular flexibility index (Phi) is 8.97. The minimum atomic E-state index is -0.738. The average Bonchev–Trinajstić information content (AvgIpc) is 3.71. The van der Waals surface area contributed by atoms with Gasteiger partial charge in [0, 0.05) is 64.8 Å². The van der Waals surface area contributed by atoms with Crippen LogP contribution in [0, 0.1) is 0 Å². The fourth-order valence-corrected chi connectivity index (χ4v) is 7.62. The molecule has 12 nitrogen and oxygen atoms in total. The maximum absolute atomic E-state index is 13.6. The molecule has 14 heteroatoms. The summed E-state index contributed by atoms with van der Waals surface area (Å²) in [4.78, 5) is 36.5. The first-order valence-electron chi connectivity index (χ1n) is 15.5. The van der Waals surface area contributed by atoms with Crippen molar-refractivity contribution in [2.75, 3.05) is 56.4 Å². The van der Waals surface area contributed by atoms with Gasteiger partial charge in [-0.1, -0.05) is 17.7 Å². The predicted molar refractivity (Wildman–Crippen MR) is 176 cm³/mol. The summed E-state index contributed by atoms with van der Waals surface area (Å²) >= 11 is 7.61. The van der Waals surface area contributed by atoms with Crippen molar-refractivity contribution in [1.82, 2.24) is 29.7 Å². The third-order valence-electron chi connectivity index (χ3n) is 8.67. The van der Waals surface area contributed by atoms with Gasteiger partial charge < -0.3 is 35.6 Å². The molecule has 0 saturated carbocycles. The molecule has 1 atom stereocenters. The average molecular weight is 657 g/mol. The van der Waals surface area contributed by atoms with Crippen LogP contribution < -0.4 is 20.7 Å². The standard InChI is InChI=1S/C31H41ClN8O4S/c1-19(41)38-12-6-20(15-38)23-13-24(27-29(33)34-18-35-40(23)27)39-9-4-5-21(16-39)36-30(42)28-25(14-26(32)45-28)44-22-7-10-37(11-8-22)17-31(2,3)43/h6,13-14,18,21-22,43H,4-5,7-12,15-17H2,1-3H3,(H,36,42)(H2,33,34,35)/t21-/m1/s1. The zero-order valence-corrected chi connectivity index (χ0v) is 27.5. The van der Waals surface area contributed by atoms with Crippen molar-refractivity contribution < 1.29 is 19.4 Å². The minimum Gasteiger partial charge on any atom is -0.489 e. The number of piperidine rings is 2. The summed E-state index contributed by atoms with van der Waals surface area (Å²) in [5.74, 6) is 0.729. The fraction of sp³-hybridized carbons (Fsp3) is 0.548. The highest BCUT2D eigenvalue weighted by molar-refractivity contribution is 7.18. The number of carbonyl (C=O) groups excluding carboxylic acids is 2. The van der Waals surface area contributed by atoms with Gasteiger partial charge in [-0.15, -0.1) is 11.3 Å². The Morgan fingerprint density at radius 1 is 1.22 bits per heavy atom. The van der Waals surface area contributed by atoms with Gasteiger partial charge in [-0.2, -0.15) is 5.10 Å². The normalized spacial score (nSPS) is 20.1. The fourth-order valence-electron chi connectivity index (χ4n) is 6.57. The summed E-state index contributed by atoms with van der Waals surface area (Å²) < 4.78 is 8.64. The largest absolute Gasteiger partial charge is 0.489 e. The number of amides is 2. The minimum absolute atomic E-state index is 0.0204. The van der Waals surface area contributed by atoms with Crippen LogP contribution in [0.5, 0.6) is 5.75 Å². The smallest absolute Gasteiger partial charge is 0.265 e. The molecule has 2 amide bonds. The Labute approximate surface area is 271 Å². The zero-order valence-electron chi connectivity index (χ0n) is 26.0. The lowest BCUT2D eigenvalue weighted by Crippen LogP contribution is -2.48. The molecule has 0 unspecified atom stereocenters. The number of anilines is 2. The molecule has 0 radical (unpaired) electrons. The van der Waals surface area contributed by atoms with E-state index in [1.165, 1.54) is 17.7 Å². The van der Waals surface area contributed by atoms with Gasteiger partial charge in [0.05, 0.1) is 21.3 Å². The van der Waals surface area contributed by atoms with Gasteiger partial charge in [0.2, 0.25) is 5.91 Å². The molecule has 0 aliphatic carbocycles. The van der Waals surface area contributed by atoms with Crippen LogP contribution >= 0.6 is 22.9 Å². The number of ether oxygens (including phenoxy) is 1. The topological polar surface area (TPSA) is 142 Å². The number of hydrogen-bond donors (Lipinski definition) is 3. The molecule has 0 aromatic carbocycles. The van der Waals surface area contributed by atoms with Gasteiger partial charge in [0.15, 0.2) is 5.82 Å². The summed E-state index contributed by atoms with van der Waals surface area (Å²) in [5, 5.41) is 17.9. The third kappa shape index (κ3) is 7.06. The number of fused-ring (bicyclic) bond motifs is 1. The number of nitrogens with zero attached hydrogens (tertiary/aromatic N) is 6. The van der Waals surface area contributed by atoms with Crippen LogP contribution in [-0.2, 0) is 4.79 Å². The van der Waals surface area contributed by atoms with Crippen molar-refractivity contribution in [3.63, 3.8) is 0 Å². The summed E-state index contributed by atoms with van der Waals surface area (Å²) in [6.07, 6.45) is 6.81. The molecule has 2 fully saturated rings. The van der Waals surface area contributed by atoms with E-state index in [1.54, 1.807) is 17.9 Å². The molecule has 2 saturated heterocycles. The molecule has 242 valence electrons. The van der Waals surface area contributed by atoms with E-state index in [1.807, 2.05) is 18.4 Å². The highest BCUT2D eigenvalue weighted by atomic mass is 35.5. The number of β-amino-alcohol motifs (C(OH)–C–C–N with tert-alkyl or cyclic N) is 1. The lowest BCUT2D eigenvalue weighted by molar-refractivity contribution is -0.127. The Morgan fingerprint density at radius 3 is 2.71 bits per heavy atom. The quantitative estimate of drug-likeness (QED) is 0.333. The van der Waals surface area contributed by atoms with Gasteiger partial charge in [-0.3, -0.25) is 9.59 Å². The number of rotatable bonds is 8. The van der Waals surface area contributed by atoms with Crippen LogP contribution in [0.1, 0.15) is 61.8 Å². The molecular formula is C31H41ClN8O4S. The molecule has 0 bridgehead atoms. The van der Waals surface area contributed by atoms with Crippen LogP contribution in [0.4, 0.5) is 11.5 Å². The van der Waals surface area contributed by atoms with Gasteiger partial charge in [0.25, 0.3) is 5.91 Å². The molecule has 6 heterocycles. The van der Waals surface area contributed by atoms with E-state index >= 15 is 0 Å². The van der Waals surface area contributed by atoms with Crippen LogP contribution in [0.25, 0.3) is 11.1 Å². The monoisotopic (exact) mass is 656 g/mol. The van der Waals surface area contributed by atoms with Crippen molar-refractivity contribution in [3.8, 4) is 5.75 Å². The first kappa shape index (κ1) is 31.6. The van der Waals surface area contributed by atoms with Crippen LogP contribution in [0.2, 0.25) is 4.34 Å². The van der Waals surface area contributed by atoms with E-state index in [-0.39, 0.29) is 24.0 Å². The zero-order chi connectivity index (χ0) is 31.9. The highest BCUT2D eigenvalue weighted by Gasteiger charge is 2.31. The van der Waals surface area contributed by atoms with E-state index in [0.717, 1.165) is 67.8 Å². The number of nitrogen functional groups attached to an aromatic ring is 1. The van der Waals surface area contributed by atoms with Crippen LogP contribution in [0.15, 0.2) is 24.5 Å². The Hall–Kier alpha value is -3.39. The van der Waals surface area contributed by atoms with Crippen molar-refractivity contribution in [2.45, 2.75) is 64.2 Å². The first-order chi connectivity index (χ1) is 21.4. The van der Waals surface area contributed by atoms with E-state index in [0.29, 0.717) is 47.0 Å². The molecule has 4 N–H and O–H groups in total. The molecule has 6 rings (SSSR count). The molecule has 3 aromatic rings. The molecular weight excluding hydrogens is 616 g/mol. The first-order valence-corrected chi connectivity index (χ1v) is 16.7. The van der Waals surface area contributed by atoms with Gasteiger partial charge in [0.1, 0.15) is 28.6 Å². The molecule has 3 aromatic heterocycles.